The van der Waals surface area contributed by atoms with E-state index < -0.39 is 0 Å². The van der Waals surface area contributed by atoms with E-state index in [4.69, 9.17) is 11.5 Å². The van der Waals surface area contributed by atoms with E-state index in [0.717, 1.165) is 30.9 Å². The molecule has 106 valence electrons. The maximum Gasteiger partial charge on any atom is 0.237 e. The zero-order valence-electron chi connectivity index (χ0n) is 11.7. The Labute approximate surface area is 113 Å². The fourth-order valence-electron chi connectivity index (χ4n) is 2.87. The van der Waals surface area contributed by atoms with Crippen molar-refractivity contribution in [3.05, 3.63) is 5.69 Å². The molecule has 0 radical (unpaired) electrons. The Hall–Kier alpha value is -1.72. The van der Waals surface area contributed by atoms with Gasteiger partial charge in [0.2, 0.25) is 5.91 Å². The molecule has 1 amide bonds. The number of carbonyl (C=O) groups excluding carboxylic acids is 1. The number of aromatic nitrogens is 2. The second-order valence-electron chi connectivity index (χ2n) is 5.17. The molecular formula is C13H23N5O. The number of aryl methyl sites for hydroxylation is 2. The van der Waals surface area contributed by atoms with E-state index in [1.54, 1.807) is 0 Å². The van der Waals surface area contributed by atoms with Crippen LogP contribution in [0.5, 0.6) is 0 Å². The monoisotopic (exact) mass is 265 g/mol. The van der Waals surface area contributed by atoms with Gasteiger partial charge in [0.15, 0.2) is 5.82 Å². The van der Waals surface area contributed by atoms with Crippen LogP contribution in [-0.2, 0) is 11.3 Å². The highest BCUT2D eigenvalue weighted by Gasteiger charge is 2.28. The highest BCUT2D eigenvalue weighted by molar-refractivity contribution is 5.81. The number of nitrogen functional groups attached to an aromatic ring is 1. The lowest BCUT2D eigenvalue weighted by Crippen LogP contribution is -2.41. The van der Waals surface area contributed by atoms with E-state index in [0.29, 0.717) is 11.7 Å². The van der Waals surface area contributed by atoms with Crippen molar-refractivity contribution < 1.29 is 4.79 Å². The number of amides is 1. The molecule has 0 unspecified atom stereocenters. The maximum atomic E-state index is 11.4. The molecule has 1 aliphatic carbocycles. The van der Waals surface area contributed by atoms with E-state index in [-0.39, 0.29) is 12.5 Å². The van der Waals surface area contributed by atoms with Crippen LogP contribution in [0.25, 0.3) is 0 Å². The number of hydrogen-bond donors (Lipinski definition) is 2. The molecule has 1 aromatic heterocycles. The van der Waals surface area contributed by atoms with Crippen molar-refractivity contribution in [2.45, 2.75) is 52.1 Å². The summed E-state index contributed by atoms with van der Waals surface area (Å²) in [6, 6.07) is 0.344. The van der Waals surface area contributed by atoms with Gasteiger partial charge in [-0.25, -0.2) is 4.68 Å². The van der Waals surface area contributed by atoms with Crippen molar-refractivity contribution in [2.24, 2.45) is 5.73 Å². The summed E-state index contributed by atoms with van der Waals surface area (Å²) in [6.45, 7) is 4.85. The first-order chi connectivity index (χ1) is 9.04. The van der Waals surface area contributed by atoms with Crippen LogP contribution in [0.1, 0.15) is 38.3 Å². The van der Waals surface area contributed by atoms with Gasteiger partial charge in [0.25, 0.3) is 0 Å². The minimum Gasteiger partial charge on any atom is -0.394 e. The molecule has 0 saturated heterocycles. The minimum absolute atomic E-state index is 0.208. The van der Waals surface area contributed by atoms with Gasteiger partial charge in [0, 0.05) is 12.6 Å². The average Bonchev–Trinajstić information content (AvgIpc) is 2.96. The van der Waals surface area contributed by atoms with Crippen molar-refractivity contribution in [3.63, 3.8) is 0 Å². The Morgan fingerprint density at radius 3 is 2.63 bits per heavy atom. The summed E-state index contributed by atoms with van der Waals surface area (Å²) in [5.74, 6) is 0.526. The highest BCUT2D eigenvalue weighted by atomic mass is 16.1. The first-order valence-electron chi connectivity index (χ1n) is 6.92. The first kappa shape index (κ1) is 13.7. The van der Waals surface area contributed by atoms with Crippen LogP contribution in [-0.4, -0.2) is 28.3 Å². The zero-order chi connectivity index (χ0) is 14.0. The number of hydrogen-bond acceptors (Lipinski definition) is 4. The van der Waals surface area contributed by atoms with Crippen LogP contribution in [0, 0.1) is 6.92 Å². The van der Waals surface area contributed by atoms with Gasteiger partial charge in [-0.15, -0.1) is 0 Å². The summed E-state index contributed by atoms with van der Waals surface area (Å²) < 4.78 is 1.87. The average molecular weight is 265 g/mol. The Balaban J connectivity index is 2.38. The summed E-state index contributed by atoms with van der Waals surface area (Å²) in [4.78, 5) is 13.4. The van der Waals surface area contributed by atoms with E-state index in [1.807, 2.05) is 23.4 Å². The molecule has 19 heavy (non-hydrogen) atoms. The van der Waals surface area contributed by atoms with Gasteiger partial charge in [-0.2, -0.15) is 5.10 Å². The predicted octanol–water partition coefficient (Wildman–Crippen LogP) is 1.03. The fraction of sp³-hybridized carbons (Fsp3) is 0.692. The molecule has 1 saturated carbocycles. The molecule has 0 aromatic carbocycles. The lowest BCUT2D eigenvalue weighted by atomic mass is 10.2. The van der Waals surface area contributed by atoms with Crippen molar-refractivity contribution in [2.75, 3.05) is 17.2 Å². The molecule has 0 atom stereocenters. The molecule has 1 heterocycles. The molecule has 6 heteroatoms. The Kier molecular flexibility index (Phi) is 3.97. The second-order valence-corrected chi connectivity index (χ2v) is 5.17. The number of nitrogens with two attached hydrogens (primary N) is 2. The number of nitrogens with zero attached hydrogens (tertiary/aromatic N) is 3. The van der Waals surface area contributed by atoms with Crippen LogP contribution in [0.4, 0.5) is 11.5 Å². The fourth-order valence-corrected chi connectivity index (χ4v) is 2.87. The molecule has 1 fully saturated rings. The lowest BCUT2D eigenvalue weighted by Gasteiger charge is -2.30. The molecule has 1 aromatic rings. The maximum absolute atomic E-state index is 11.4. The standard InChI is InChI=1S/C13H23N5O/c1-3-18-13(12(15)9(2)16-18)17(8-11(14)19)10-6-4-5-7-10/h10H,3-8,15H2,1-2H3,(H2,14,19). The summed E-state index contributed by atoms with van der Waals surface area (Å²) >= 11 is 0. The molecule has 0 aliphatic heterocycles. The van der Waals surface area contributed by atoms with Gasteiger partial charge in [-0.3, -0.25) is 4.79 Å². The number of rotatable bonds is 5. The number of primary amides is 1. The zero-order valence-corrected chi connectivity index (χ0v) is 11.7. The van der Waals surface area contributed by atoms with Crippen LogP contribution >= 0.6 is 0 Å². The van der Waals surface area contributed by atoms with Gasteiger partial charge in [-0.1, -0.05) is 12.8 Å². The quantitative estimate of drug-likeness (QED) is 0.832. The summed E-state index contributed by atoms with van der Waals surface area (Å²) in [7, 11) is 0. The third kappa shape index (κ3) is 2.67. The second kappa shape index (κ2) is 5.50. The molecule has 0 bridgehead atoms. The van der Waals surface area contributed by atoms with Gasteiger partial charge >= 0.3 is 0 Å². The normalized spacial score (nSPS) is 15.9. The minimum atomic E-state index is -0.326. The summed E-state index contributed by atoms with van der Waals surface area (Å²) in [5, 5.41) is 4.43. The molecular weight excluding hydrogens is 242 g/mol. The smallest absolute Gasteiger partial charge is 0.237 e. The van der Waals surface area contributed by atoms with E-state index in [9.17, 15) is 4.79 Å². The van der Waals surface area contributed by atoms with Crippen LogP contribution in [0.2, 0.25) is 0 Å². The van der Waals surface area contributed by atoms with Crippen molar-refractivity contribution in [1.29, 1.82) is 0 Å². The largest absolute Gasteiger partial charge is 0.394 e. The Bertz CT molecular complexity index is 462. The summed E-state index contributed by atoms with van der Waals surface area (Å²) in [6.07, 6.45) is 4.56. The predicted molar refractivity (Wildman–Crippen MR) is 75.8 cm³/mol. The van der Waals surface area contributed by atoms with Crippen LogP contribution < -0.4 is 16.4 Å². The molecule has 6 nitrogen and oxygen atoms in total. The van der Waals surface area contributed by atoms with Crippen LogP contribution in [0.3, 0.4) is 0 Å². The van der Waals surface area contributed by atoms with Crippen molar-refractivity contribution in [1.82, 2.24) is 9.78 Å². The lowest BCUT2D eigenvalue weighted by molar-refractivity contribution is -0.116. The van der Waals surface area contributed by atoms with E-state index in [2.05, 4.69) is 5.10 Å². The van der Waals surface area contributed by atoms with E-state index in [1.165, 1.54) is 12.8 Å². The van der Waals surface area contributed by atoms with Crippen LogP contribution in [0.15, 0.2) is 0 Å². The molecule has 2 rings (SSSR count). The molecule has 1 aliphatic rings. The molecule has 4 N–H and O–H groups in total. The topological polar surface area (TPSA) is 90.2 Å². The summed E-state index contributed by atoms with van der Waals surface area (Å²) in [5.41, 5.74) is 13.0. The van der Waals surface area contributed by atoms with Gasteiger partial charge < -0.3 is 16.4 Å². The Morgan fingerprint density at radius 2 is 2.11 bits per heavy atom. The third-order valence-corrected chi connectivity index (χ3v) is 3.81. The van der Waals surface area contributed by atoms with Gasteiger partial charge in [0.1, 0.15) is 0 Å². The van der Waals surface area contributed by atoms with Gasteiger partial charge in [-0.05, 0) is 26.7 Å². The molecule has 0 spiro atoms. The van der Waals surface area contributed by atoms with Crippen molar-refractivity contribution in [3.8, 4) is 0 Å². The number of anilines is 2. The van der Waals surface area contributed by atoms with E-state index >= 15 is 0 Å². The third-order valence-electron chi connectivity index (χ3n) is 3.81. The van der Waals surface area contributed by atoms with Gasteiger partial charge in [0.05, 0.1) is 17.9 Å². The SMILES string of the molecule is CCn1nc(C)c(N)c1N(CC(N)=O)C1CCCC1. The Morgan fingerprint density at radius 1 is 1.47 bits per heavy atom. The highest BCUT2D eigenvalue weighted by Crippen LogP contribution is 2.33. The van der Waals surface area contributed by atoms with Crippen molar-refractivity contribution >= 4 is 17.4 Å². The first-order valence-corrected chi connectivity index (χ1v) is 6.92. The number of carbonyl (C=O) groups is 1.